The number of ether oxygens (including phenoxy) is 2. The summed E-state index contributed by atoms with van der Waals surface area (Å²) >= 11 is 0. The number of hydrogen-bond acceptors (Lipinski definition) is 8. The minimum atomic E-state index is -3.86. The summed E-state index contributed by atoms with van der Waals surface area (Å²) in [6.45, 7) is 7.55. The van der Waals surface area contributed by atoms with Crippen molar-refractivity contribution in [3.63, 3.8) is 0 Å². The number of ketones is 1. The lowest BCUT2D eigenvalue weighted by Crippen LogP contribution is -2.56. The molecule has 0 unspecified atom stereocenters. The molecule has 2 atom stereocenters. The van der Waals surface area contributed by atoms with E-state index in [1.54, 1.807) is 32.0 Å². The van der Waals surface area contributed by atoms with Crippen molar-refractivity contribution in [2.45, 2.75) is 56.6 Å². The zero-order valence-electron chi connectivity index (χ0n) is 22.4. The van der Waals surface area contributed by atoms with E-state index in [1.165, 1.54) is 16.4 Å². The van der Waals surface area contributed by atoms with Crippen molar-refractivity contribution in [3.05, 3.63) is 53.1 Å². The van der Waals surface area contributed by atoms with Crippen LogP contribution in [-0.4, -0.2) is 91.3 Å². The van der Waals surface area contributed by atoms with Crippen LogP contribution in [0.3, 0.4) is 0 Å². The molecule has 38 heavy (non-hydrogen) atoms. The number of benzene rings is 2. The fourth-order valence-electron chi connectivity index (χ4n) is 5.60. The zero-order valence-corrected chi connectivity index (χ0v) is 23.2. The number of carbonyl (C=O) groups is 1. The number of fused-ring (bicyclic) bond motifs is 1. The maximum Gasteiger partial charge on any atom is 0.243 e. The van der Waals surface area contributed by atoms with E-state index in [0.717, 1.165) is 6.42 Å². The fourth-order valence-corrected chi connectivity index (χ4v) is 7.49. The first kappa shape index (κ1) is 28.5. The number of phenolic OH excluding ortho intramolecular Hbond substituents is 1. The minimum Gasteiger partial charge on any atom is -0.508 e. The van der Waals surface area contributed by atoms with E-state index in [0.29, 0.717) is 48.6 Å². The number of sulfonamides is 1. The molecule has 2 aromatic rings. The third kappa shape index (κ3) is 6.21. The molecule has 1 fully saturated rings. The third-order valence-corrected chi connectivity index (χ3v) is 9.44. The molecule has 4 rings (SSSR count). The number of piperidine rings is 1. The SMILES string of the molecule is CCOCCN(C[C@@H](O)CN1CCC[C@@]2(CC(=O)c3cc(O)ccc3O2)C1)S(=O)(=O)c1c(C)cccc1C. The molecule has 0 radical (unpaired) electrons. The smallest absolute Gasteiger partial charge is 0.243 e. The lowest BCUT2D eigenvalue weighted by Gasteiger charge is -2.45. The van der Waals surface area contributed by atoms with Gasteiger partial charge in [0.2, 0.25) is 10.0 Å². The largest absolute Gasteiger partial charge is 0.508 e. The van der Waals surface area contributed by atoms with E-state index < -0.39 is 21.7 Å². The Balaban J connectivity index is 1.47. The van der Waals surface area contributed by atoms with Crippen LogP contribution in [0, 0.1) is 13.8 Å². The number of likely N-dealkylation sites (tertiary alicyclic amines) is 1. The Morgan fingerprint density at radius 1 is 1.21 bits per heavy atom. The molecule has 2 aliphatic rings. The van der Waals surface area contributed by atoms with E-state index >= 15 is 0 Å². The summed E-state index contributed by atoms with van der Waals surface area (Å²) in [5.41, 5.74) is 0.991. The molecule has 10 heteroatoms. The van der Waals surface area contributed by atoms with Crippen LogP contribution >= 0.6 is 0 Å². The van der Waals surface area contributed by atoms with Crippen LogP contribution in [0.4, 0.5) is 0 Å². The number of carbonyl (C=O) groups excluding carboxylic acids is 1. The summed E-state index contributed by atoms with van der Waals surface area (Å²) in [5, 5.41) is 20.8. The Morgan fingerprint density at radius 3 is 2.66 bits per heavy atom. The molecule has 0 aromatic heterocycles. The quantitative estimate of drug-likeness (QED) is 0.437. The zero-order chi connectivity index (χ0) is 27.5. The first-order valence-electron chi connectivity index (χ1n) is 13.1. The van der Waals surface area contributed by atoms with Gasteiger partial charge in [-0.05, 0) is 69.5 Å². The number of Topliss-reactive ketones (excluding diaryl/α,β-unsaturated/α-hetero) is 1. The van der Waals surface area contributed by atoms with Crippen molar-refractivity contribution in [3.8, 4) is 11.5 Å². The van der Waals surface area contributed by atoms with Crippen LogP contribution in [0.25, 0.3) is 0 Å². The van der Waals surface area contributed by atoms with Gasteiger partial charge in [-0.1, -0.05) is 18.2 Å². The van der Waals surface area contributed by atoms with E-state index in [9.17, 15) is 23.4 Å². The van der Waals surface area contributed by atoms with Crippen LogP contribution in [0.5, 0.6) is 11.5 Å². The van der Waals surface area contributed by atoms with Gasteiger partial charge in [0.1, 0.15) is 17.1 Å². The molecule has 9 nitrogen and oxygen atoms in total. The summed E-state index contributed by atoms with van der Waals surface area (Å²) in [5.74, 6) is 0.407. The minimum absolute atomic E-state index is 0.0229. The molecule has 2 heterocycles. The summed E-state index contributed by atoms with van der Waals surface area (Å²) < 4.78 is 40.4. The highest BCUT2D eigenvalue weighted by atomic mass is 32.2. The molecule has 208 valence electrons. The molecule has 0 aliphatic carbocycles. The topological polar surface area (TPSA) is 117 Å². The van der Waals surface area contributed by atoms with Gasteiger partial charge in [0.25, 0.3) is 0 Å². The van der Waals surface area contributed by atoms with Gasteiger partial charge >= 0.3 is 0 Å². The Labute approximate surface area is 225 Å². The Morgan fingerprint density at radius 2 is 1.95 bits per heavy atom. The second kappa shape index (κ2) is 11.7. The van der Waals surface area contributed by atoms with Gasteiger partial charge in [0, 0.05) is 32.8 Å². The Bertz CT molecular complexity index is 1250. The lowest BCUT2D eigenvalue weighted by molar-refractivity contribution is -0.0305. The van der Waals surface area contributed by atoms with Gasteiger partial charge in [0.05, 0.1) is 29.6 Å². The molecule has 2 N–H and O–H groups in total. The Hall–Kier alpha value is -2.50. The number of aromatic hydroxyl groups is 1. The maximum absolute atomic E-state index is 13.7. The molecule has 2 aromatic carbocycles. The second-order valence-corrected chi connectivity index (χ2v) is 12.2. The van der Waals surface area contributed by atoms with Gasteiger partial charge in [-0.25, -0.2) is 8.42 Å². The number of nitrogens with zero attached hydrogens (tertiary/aromatic N) is 2. The highest BCUT2D eigenvalue weighted by Gasteiger charge is 2.44. The molecular formula is C28H38N2O7S. The molecule has 1 spiro atoms. The van der Waals surface area contributed by atoms with Crippen molar-refractivity contribution >= 4 is 15.8 Å². The molecule has 2 aliphatic heterocycles. The van der Waals surface area contributed by atoms with Crippen molar-refractivity contribution in [1.82, 2.24) is 9.21 Å². The summed E-state index contributed by atoms with van der Waals surface area (Å²) in [7, 11) is -3.86. The van der Waals surface area contributed by atoms with Crippen LogP contribution < -0.4 is 4.74 Å². The standard InChI is InChI=1S/C28H38N2O7S/c1-4-36-14-13-30(38(34,35)27-20(2)7-5-8-21(27)3)18-23(32)17-29-12-6-11-28(19-29)16-25(33)24-15-22(31)9-10-26(24)37-28/h5,7-10,15,23,31-32H,4,6,11-14,16-19H2,1-3H3/t23-,28+/m0/s1. The average Bonchev–Trinajstić information content (AvgIpc) is 2.84. The van der Waals surface area contributed by atoms with Gasteiger partial charge in [-0.2, -0.15) is 4.31 Å². The first-order valence-corrected chi connectivity index (χ1v) is 14.6. The Kier molecular flexibility index (Phi) is 8.78. The lowest BCUT2D eigenvalue weighted by atomic mass is 9.83. The molecule has 0 amide bonds. The van der Waals surface area contributed by atoms with Crippen LogP contribution in [-0.2, 0) is 14.8 Å². The number of rotatable bonds is 10. The van der Waals surface area contributed by atoms with Crippen molar-refractivity contribution in [1.29, 1.82) is 0 Å². The predicted molar refractivity (Wildman–Crippen MR) is 143 cm³/mol. The van der Waals surface area contributed by atoms with Gasteiger partial charge in [-0.15, -0.1) is 0 Å². The first-order chi connectivity index (χ1) is 18.0. The van der Waals surface area contributed by atoms with Crippen molar-refractivity contribution < 1.29 is 32.9 Å². The van der Waals surface area contributed by atoms with Crippen molar-refractivity contribution in [2.75, 3.05) is 45.9 Å². The number of aliphatic hydroxyl groups is 1. The fraction of sp³-hybridized carbons (Fsp3) is 0.536. The van der Waals surface area contributed by atoms with Crippen molar-refractivity contribution in [2.24, 2.45) is 0 Å². The summed E-state index contributed by atoms with van der Waals surface area (Å²) in [6, 6.07) is 9.93. The highest BCUT2D eigenvalue weighted by molar-refractivity contribution is 7.89. The molecule has 0 saturated carbocycles. The van der Waals surface area contributed by atoms with Gasteiger partial charge in [-0.3, -0.25) is 9.69 Å². The molecule has 0 bridgehead atoms. The number of β-amino-alcohol motifs (C(OH)–C–C–N with tert-alkyl or cyclic N) is 1. The van der Waals surface area contributed by atoms with E-state index in [2.05, 4.69) is 0 Å². The molecule has 1 saturated heterocycles. The number of phenols is 1. The number of aliphatic hydroxyl groups excluding tert-OH is 1. The van der Waals surface area contributed by atoms with Gasteiger partial charge in [0.15, 0.2) is 5.78 Å². The maximum atomic E-state index is 13.7. The summed E-state index contributed by atoms with van der Waals surface area (Å²) in [6.07, 6.45) is 0.724. The van der Waals surface area contributed by atoms with E-state index in [1.807, 2.05) is 17.9 Å². The molecular weight excluding hydrogens is 508 g/mol. The van der Waals surface area contributed by atoms with Gasteiger partial charge < -0.3 is 19.7 Å². The number of aryl methyl sites for hydroxylation is 2. The van der Waals surface area contributed by atoms with Crippen LogP contribution in [0.1, 0.15) is 47.7 Å². The van der Waals surface area contributed by atoms with E-state index in [4.69, 9.17) is 9.47 Å². The number of hydrogen-bond donors (Lipinski definition) is 2. The average molecular weight is 547 g/mol. The normalized spacial score (nSPS) is 20.9. The van der Waals surface area contributed by atoms with E-state index in [-0.39, 0.29) is 49.1 Å². The van der Waals surface area contributed by atoms with Crippen LogP contribution in [0.2, 0.25) is 0 Å². The third-order valence-electron chi connectivity index (χ3n) is 7.27. The predicted octanol–water partition coefficient (Wildman–Crippen LogP) is 2.90. The second-order valence-electron chi connectivity index (χ2n) is 10.3. The van der Waals surface area contributed by atoms with Crippen LogP contribution in [0.15, 0.2) is 41.3 Å². The summed E-state index contributed by atoms with van der Waals surface area (Å²) in [4.78, 5) is 15.2. The monoisotopic (exact) mass is 546 g/mol. The highest BCUT2D eigenvalue weighted by Crippen LogP contribution is 2.39.